The Kier molecular flexibility index (Phi) is 19.2. The van der Waals surface area contributed by atoms with Crippen molar-refractivity contribution in [1.29, 1.82) is 0 Å². The maximum absolute atomic E-state index is 11.9. The second-order valence-corrected chi connectivity index (χ2v) is 26.6. The van der Waals surface area contributed by atoms with Gasteiger partial charge in [-0.2, -0.15) is 0 Å². The first-order valence-corrected chi connectivity index (χ1v) is 32.0. The van der Waals surface area contributed by atoms with Gasteiger partial charge in [0.15, 0.2) is 34.5 Å². The number of anilines is 2. The van der Waals surface area contributed by atoms with Crippen LogP contribution in [0.3, 0.4) is 0 Å². The Morgan fingerprint density at radius 3 is 1.40 bits per heavy atom. The van der Waals surface area contributed by atoms with Gasteiger partial charge in [-0.1, -0.05) is 24.3 Å². The molecule has 88 heavy (non-hydrogen) atoms. The van der Waals surface area contributed by atoms with Crippen molar-refractivity contribution in [1.82, 2.24) is 48.8 Å². The summed E-state index contributed by atoms with van der Waals surface area (Å²) in [5.74, 6) is 2.62. The molecule has 6 fully saturated rings. The fraction of sp³-hybridized carbons (Fsp3) is 0.636. The lowest BCUT2D eigenvalue weighted by molar-refractivity contribution is -0.162. The molecule has 4 aliphatic carbocycles. The van der Waals surface area contributed by atoms with Gasteiger partial charge in [0.1, 0.15) is 47.4 Å². The summed E-state index contributed by atoms with van der Waals surface area (Å²) in [6.07, 6.45) is 15.3. The minimum Gasteiger partial charge on any atom is -0.497 e. The molecule has 4 saturated carbocycles. The van der Waals surface area contributed by atoms with Crippen molar-refractivity contribution in [2.75, 3.05) is 44.5 Å². The summed E-state index contributed by atoms with van der Waals surface area (Å²) in [6.45, 7) is 22.5. The summed E-state index contributed by atoms with van der Waals surface area (Å²) >= 11 is 0. The predicted molar refractivity (Wildman–Crippen MR) is 333 cm³/mol. The Labute approximate surface area is 517 Å². The molecular formula is C66H92N12O10. The lowest BCUT2D eigenvalue weighted by Crippen LogP contribution is -2.51. The van der Waals surface area contributed by atoms with Crippen molar-refractivity contribution >= 4 is 45.9 Å². The number of carbonyl (C=O) groups is 2. The number of imidazole rings is 2. The van der Waals surface area contributed by atoms with Crippen LogP contribution in [0.1, 0.15) is 150 Å². The van der Waals surface area contributed by atoms with Gasteiger partial charge in [-0.3, -0.25) is 19.4 Å². The molecule has 12 rings (SSSR count). The molecule has 2 saturated heterocycles. The molecule has 0 unspecified atom stereocenters. The van der Waals surface area contributed by atoms with Crippen molar-refractivity contribution in [3.8, 4) is 11.5 Å². The number of carbonyl (C=O) groups excluding carboxylic acids is 1. The molecule has 4 aromatic heterocycles. The van der Waals surface area contributed by atoms with Crippen LogP contribution in [-0.4, -0.2) is 160 Å². The Morgan fingerprint density at radius 2 is 1.01 bits per heavy atom. The highest BCUT2D eigenvalue weighted by atomic mass is 16.8. The van der Waals surface area contributed by atoms with Gasteiger partial charge < -0.3 is 58.0 Å². The fourth-order valence-electron chi connectivity index (χ4n) is 14.7. The lowest BCUT2D eigenvalue weighted by Gasteiger charge is -2.46. The number of hydrogen-bond acceptors (Lipinski definition) is 19. The summed E-state index contributed by atoms with van der Waals surface area (Å²) < 4.78 is 46.3. The average molecular weight is 1210 g/mol. The van der Waals surface area contributed by atoms with Crippen molar-refractivity contribution in [2.45, 2.75) is 212 Å². The number of ether oxygens (including phenoxy) is 7. The normalized spacial score (nSPS) is 27.5. The van der Waals surface area contributed by atoms with Gasteiger partial charge >= 0.3 is 11.9 Å². The third kappa shape index (κ3) is 14.1. The van der Waals surface area contributed by atoms with Gasteiger partial charge in [-0.25, -0.2) is 29.9 Å². The van der Waals surface area contributed by atoms with Gasteiger partial charge in [-0.05, 0) is 161 Å². The quantitative estimate of drug-likeness (QED) is 0.0452. The van der Waals surface area contributed by atoms with Crippen LogP contribution in [0.15, 0.2) is 73.8 Å². The summed E-state index contributed by atoms with van der Waals surface area (Å²) in [4.78, 5) is 56.1. The maximum atomic E-state index is 11.9. The molecule has 0 spiro atoms. The van der Waals surface area contributed by atoms with E-state index >= 15 is 0 Å². The van der Waals surface area contributed by atoms with Crippen LogP contribution >= 0.6 is 0 Å². The van der Waals surface area contributed by atoms with Gasteiger partial charge in [0.05, 0.1) is 57.8 Å². The lowest BCUT2D eigenvalue weighted by atomic mass is 9.76. The van der Waals surface area contributed by atoms with Crippen LogP contribution in [0.4, 0.5) is 11.6 Å². The maximum Gasteiger partial charge on any atom is 0.305 e. The molecular weight excluding hydrogens is 1120 g/mol. The van der Waals surface area contributed by atoms with E-state index in [-0.39, 0.29) is 54.8 Å². The molecule has 22 heteroatoms. The van der Waals surface area contributed by atoms with Gasteiger partial charge in [0.2, 0.25) is 0 Å². The first kappa shape index (κ1) is 63.0. The third-order valence-electron chi connectivity index (χ3n) is 19.2. The van der Waals surface area contributed by atoms with E-state index in [1.165, 1.54) is 0 Å². The molecule has 6 heterocycles. The SMILES string of the molecule is CCOC(=O)CCC1CC(N(C[C@H]2C[C@@H](n3cnc4c(NCc5ccc(OC)cc5)ncnc43)[C@@H]3OC(C)(C)O[C@H]23)C(C)C)C1.COc1ccc(CNc2ncnc3c2ncn3[C@@H]2C[C@H](CN(C(C)C)C3CC(CCC(=O)O)C3)[C@H]3OC(C)(C)O[C@H]32)cc1. The number of nitrogens with zero attached hydrogens (tertiary/aromatic N) is 10. The highest BCUT2D eigenvalue weighted by molar-refractivity contribution is 5.83. The first-order chi connectivity index (χ1) is 42.3. The number of fused-ring (bicyclic) bond motifs is 4. The summed E-state index contributed by atoms with van der Waals surface area (Å²) in [6, 6.07) is 17.8. The molecule has 22 nitrogen and oxygen atoms in total. The van der Waals surface area contributed by atoms with Crippen LogP contribution in [0.5, 0.6) is 11.5 Å². The van der Waals surface area contributed by atoms with Gasteiger partial charge in [0.25, 0.3) is 0 Å². The Bertz CT molecular complexity index is 3310. The number of aromatic nitrogens is 8. The fourth-order valence-corrected chi connectivity index (χ4v) is 14.7. The number of carboxylic acids is 1. The van der Waals surface area contributed by atoms with E-state index in [1.807, 2.05) is 95.8 Å². The van der Waals surface area contributed by atoms with Crippen LogP contribution in [0, 0.1) is 23.7 Å². The third-order valence-corrected chi connectivity index (χ3v) is 19.2. The highest BCUT2D eigenvalue weighted by Crippen LogP contribution is 2.51. The van der Waals surface area contributed by atoms with Crippen molar-refractivity contribution in [3.05, 3.63) is 85.0 Å². The number of nitrogens with one attached hydrogen (secondary N) is 2. The zero-order valence-corrected chi connectivity index (χ0v) is 53.2. The highest BCUT2D eigenvalue weighted by Gasteiger charge is 2.57. The average Bonchev–Trinajstić information content (AvgIpc) is 1.65. The standard InChI is InChI=1S/C34H48N6O5.C32H44N6O5/c1-7-43-28(41)13-10-23-14-25(15-23)39(21(2)3)18-24-16-27(31-30(24)44-34(4,5)45-31)40-20-38-29-32(36-19-37-33(29)40)35-17-22-8-11-26(42-6)12-9-22;1-19(2)37(23-12-21(13-23)8-11-26(39)40)16-22-14-25(29-28(22)42-32(3,4)43-29)38-18-36-27-30(34-17-35-31(27)38)33-15-20-6-9-24(41-5)10-7-20/h8-9,11-12,19-21,23-25,27,30-31H,7,10,13-18H2,1-6H3,(H,35,36,37);6-7,9-10,17-19,21-23,25,28-29H,8,11-16H2,1-5H3,(H,39,40)(H,33,34,35)/t23?,24-,25?,27-,30-,31+;21?,22-,23?,25-,28-,29+/m11/s1. The Hall–Kier alpha value is -6.56. The summed E-state index contributed by atoms with van der Waals surface area (Å²) in [5, 5.41) is 16.0. The van der Waals surface area contributed by atoms with Crippen LogP contribution in [0.25, 0.3) is 22.3 Å². The van der Waals surface area contributed by atoms with Gasteiger partial charge in [0, 0.05) is 75.0 Å². The van der Waals surface area contributed by atoms with E-state index in [9.17, 15) is 9.59 Å². The van der Waals surface area contributed by atoms with Crippen LogP contribution < -0.4 is 20.1 Å². The molecule has 0 radical (unpaired) electrons. The van der Waals surface area contributed by atoms with Crippen LogP contribution in [-0.2, 0) is 46.4 Å². The largest absolute Gasteiger partial charge is 0.497 e. The summed E-state index contributed by atoms with van der Waals surface area (Å²) in [7, 11) is 3.33. The molecule has 8 atom stereocenters. The minimum absolute atomic E-state index is 0.0158. The molecule has 2 aliphatic heterocycles. The molecule has 3 N–H and O–H groups in total. The molecule has 0 bridgehead atoms. The Morgan fingerprint density at radius 1 is 0.602 bits per heavy atom. The molecule has 6 aliphatic rings. The van der Waals surface area contributed by atoms with E-state index in [2.05, 4.69) is 77.2 Å². The molecule has 2 aromatic carbocycles. The van der Waals surface area contributed by atoms with Crippen LogP contribution in [0.2, 0.25) is 0 Å². The van der Waals surface area contributed by atoms with E-state index in [0.717, 1.165) is 109 Å². The second kappa shape index (κ2) is 26.9. The van der Waals surface area contributed by atoms with E-state index in [1.54, 1.807) is 26.9 Å². The van der Waals surface area contributed by atoms with Crippen molar-refractivity contribution in [3.63, 3.8) is 0 Å². The topological polar surface area (TPSA) is 237 Å². The minimum atomic E-state index is -0.703. The van der Waals surface area contributed by atoms with E-state index in [4.69, 9.17) is 48.2 Å². The molecule has 6 aromatic rings. The number of benzene rings is 2. The Balaban J connectivity index is 0.000000182. The van der Waals surface area contributed by atoms with E-state index < -0.39 is 17.5 Å². The number of aliphatic carboxylic acids is 1. The zero-order chi connectivity index (χ0) is 62.0. The molecule has 0 amide bonds. The number of esters is 1. The van der Waals surface area contributed by atoms with Crippen molar-refractivity contribution < 1.29 is 47.9 Å². The second-order valence-electron chi connectivity index (χ2n) is 26.6. The predicted octanol–water partition coefficient (Wildman–Crippen LogP) is 10.2. The van der Waals surface area contributed by atoms with Gasteiger partial charge in [-0.15, -0.1) is 0 Å². The molecule has 476 valence electrons. The summed E-state index contributed by atoms with van der Waals surface area (Å²) in [5.41, 5.74) is 5.29. The number of carboxylic acid groups (broad SMARTS) is 1. The monoisotopic (exact) mass is 1210 g/mol. The smallest absolute Gasteiger partial charge is 0.305 e. The number of hydrogen-bond donors (Lipinski definition) is 3. The zero-order valence-electron chi connectivity index (χ0n) is 53.2. The van der Waals surface area contributed by atoms with Crippen molar-refractivity contribution in [2.24, 2.45) is 23.7 Å². The number of methoxy groups -OCH3 is 2. The van der Waals surface area contributed by atoms with E-state index in [0.29, 0.717) is 79.7 Å². The first-order valence-electron chi connectivity index (χ1n) is 32.0. The number of rotatable bonds is 25.